The molecule has 0 aliphatic carbocycles. The molecular weight excluding hydrogens is 370 g/mol. The zero-order chi connectivity index (χ0) is 20.0. The quantitative estimate of drug-likeness (QED) is 0.389. The van der Waals surface area contributed by atoms with Gasteiger partial charge in [-0.25, -0.2) is 8.42 Å². The van der Waals surface area contributed by atoms with Gasteiger partial charge in [-0.15, -0.1) is 0 Å². The van der Waals surface area contributed by atoms with Crippen molar-refractivity contribution in [3.05, 3.63) is 75.8 Å². The molecule has 0 N–H and O–H groups in total. The lowest BCUT2D eigenvalue weighted by atomic mass is 9.95. The van der Waals surface area contributed by atoms with Gasteiger partial charge in [-0.3, -0.25) is 14.9 Å². The maximum atomic E-state index is 13.2. The van der Waals surface area contributed by atoms with E-state index >= 15 is 0 Å². The van der Waals surface area contributed by atoms with E-state index in [1.165, 1.54) is 12.1 Å². The first kappa shape index (κ1) is 20.6. The van der Waals surface area contributed by atoms with Crippen molar-refractivity contribution < 1.29 is 22.9 Å². The molecule has 144 valence electrons. The summed E-state index contributed by atoms with van der Waals surface area (Å²) in [6.45, 7) is 2.62. The third-order valence-corrected chi connectivity index (χ3v) is 6.26. The Balaban J connectivity index is 2.62. The number of rotatable bonds is 8. The third kappa shape index (κ3) is 4.91. The Kier molecular flexibility index (Phi) is 6.68. The Labute approximate surface area is 158 Å². The van der Waals surface area contributed by atoms with Gasteiger partial charge in [-0.2, -0.15) is 0 Å². The van der Waals surface area contributed by atoms with Crippen LogP contribution in [0.5, 0.6) is 0 Å². The highest BCUT2D eigenvalue weighted by atomic mass is 32.2. The van der Waals surface area contributed by atoms with Gasteiger partial charge in [-0.1, -0.05) is 48.0 Å². The first-order valence-corrected chi connectivity index (χ1v) is 9.96. The van der Waals surface area contributed by atoms with Crippen molar-refractivity contribution in [2.45, 2.75) is 29.9 Å². The van der Waals surface area contributed by atoms with E-state index in [2.05, 4.69) is 0 Å². The summed E-state index contributed by atoms with van der Waals surface area (Å²) >= 11 is 0. The van der Waals surface area contributed by atoms with Crippen LogP contribution >= 0.6 is 0 Å². The number of hydrogen-bond acceptors (Lipinski definition) is 6. The van der Waals surface area contributed by atoms with Crippen LogP contribution in [0, 0.1) is 17.0 Å². The molecule has 0 saturated carbocycles. The highest BCUT2D eigenvalue weighted by Gasteiger charge is 2.44. The second-order valence-electron chi connectivity index (χ2n) is 6.06. The van der Waals surface area contributed by atoms with Crippen molar-refractivity contribution in [3.8, 4) is 0 Å². The molecule has 0 radical (unpaired) electrons. The van der Waals surface area contributed by atoms with Crippen LogP contribution in [0.25, 0.3) is 0 Å². The van der Waals surface area contributed by atoms with Crippen molar-refractivity contribution in [1.82, 2.24) is 0 Å². The molecule has 0 fully saturated rings. The lowest BCUT2D eigenvalue weighted by Crippen LogP contribution is -2.40. The summed E-state index contributed by atoms with van der Waals surface area (Å²) in [6, 6.07) is 14.2. The van der Waals surface area contributed by atoms with E-state index < -0.39 is 38.4 Å². The maximum Gasteiger partial charge on any atom is 0.325 e. The normalized spacial score (nSPS) is 13.6. The summed E-state index contributed by atoms with van der Waals surface area (Å²) in [5.74, 6) is -2.17. The average molecular weight is 391 g/mol. The zero-order valence-electron chi connectivity index (χ0n) is 15.1. The molecule has 27 heavy (non-hydrogen) atoms. The molecule has 8 heteroatoms. The highest BCUT2D eigenvalue weighted by Crippen LogP contribution is 2.30. The van der Waals surface area contributed by atoms with Crippen LogP contribution in [0.4, 0.5) is 0 Å². The molecule has 0 aliphatic rings. The number of aryl methyl sites for hydroxylation is 1. The topological polar surface area (TPSA) is 104 Å². The van der Waals surface area contributed by atoms with Gasteiger partial charge in [0.1, 0.15) is 0 Å². The monoisotopic (exact) mass is 391 g/mol. The number of ether oxygens (including phenoxy) is 1. The Morgan fingerprint density at radius 1 is 1.11 bits per heavy atom. The van der Waals surface area contributed by atoms with E-state index in [1.54, 1.807) is 56.3 Å². The molecule has 2 atom stereocenters. The first-order chi connectivity index (χ1) is 12.8. The second-order valence-corrected chi connectivity index (χ2v) is 8.13. The Bertz CT molecular complexity index is 894. The van der Waals surface area contributed by atoms with Crippen LogP contribution < -0.4 is 0 Å². The van der Waals surface area contributed by atoms with Gasteiger partial charge in [0.25, 0.3) is 0 Å². The van der Waals surface area contributed by atoms with Crippen molar-refractivity contribution in [1.29, 1.82) is 0 Å². The minimum Gasteiger partial charge on any atom is -0.465 e. The third-order valence-electron chi connectivity index (χ3n) is 4.14. The maximum absolute atomic E-state index is 13.2. The van der Waals surface area contributed by atoms with Gasteiger partial charge in [-0.05, 0) is 31.5 Å². The molecule has 2 aromatic carbocycles. The van der Waals surface area contributed by atoms with Crippen LogP contribution in [0.1, 0.15) is 24.0 Å². The molecular formula is C19H21NO6S. The zero-order valence-corrected chi connectivity index (χ0v) is 15.9. The SMILES string of the molecule is CCOC(=O)C(C(C[N+](=O)[O-])c1ccccc1)S(=O)(=O)c1ccc(C)cc1. The van der Waals surface area contributed by atoms with Crippen LogP contribution in [0.3, 0.4) is 0 Å². The Hall–Kier alpha value is -2.74. The van der Waals surface area contributed by atoms with Crippen LogP contribution in [-0.4, -0.2) is 37.7 Å². The number of esters is 1. The number of nitrogens with zero attached hydrogens (tertiary/aromatic N) is 1. The van der Waals surface area contributed by atoms with E-state index in [4.69, 9.17) is 4.74 Å². The van der Waals surface area contributed by atoms with Crippen LogP contribution in [0.15, 0.2) is 59.5 Å². The van der Waals surface area contributed by atoms with E-state index in [0.29, 0.717) is 5.56 Å². The number of benzene rings is 2. The molecule has 0 aliphatic heterocycles. The Morgan fingerprint density at radius 2 is 1.70 bits per heavy atom. The predicted octanol–water partition coefficient (Wildman–Crippen LogP) is 2.76. The fourth-order valence-corrected chi connectivity index (χ4v) is 4.65. The summed E-state index contributed by atoms with van der Waals surface area (Å²) in [5.41, 5.74) is 1.24. The van der Waals surface area contributed by atoms with Crippen molar-refractivity contribution in [2.75, 3.05) is 13.2 Å². The van der Waals surface area contributed by atoms with E-state index in [0.717, 1.165) is 5.56 Å². The van der Waals surface area contributed by atoms with Crippen LogP contribution in [-0.2, 0) is 19.4 Å². The molecule has 0 heterocycles. The number of hydrogen-bond donors (Lipinski definition) is 0. The molecule has 2 unspecified atom stereocenters. The molecule has 0 aromatic heterocycles. The largest absolute Gasteiger partial charge is 0.465 e. The number of sulfone groups is 1. The summed E-state index contributed by atoms with van der Waals surface area (Å²) in [7, 11) is -4.21. The minimum absolute atomic E-state index is 0.0290. The van der Waals surface area contributed by atoms with Gasteiger partial charge < -0.3 is 4.74 Å². The fraction of sp³-hybridized carbons (Fsp3) is 0.316. The van der Waals surface area contributed by atoms with Crippen molar-refractivity contribution in [3.63, 3.8) is 0 Å². The Morgan fingerprint density at radius 3 is 2.22 bits per heavy atom. The molecule has 2 rings (SSSR count). The average Bonchev–Trinajstić information content (AvgIpc) is 2.62. The van der Waals surface area contributed by atoms with Crippen molar-refractivity contribution in [2.24, 2.45) is 0 Å². The molecule has 0 bridgehead atoms. The van der Waals surface area contributed by atoms with Gasteiger partial charge in [0.15, 0.2) is 15.1 Å². The standard InChI is InChI=1S/C19H21NO6S/c1-3-26-19(21)18(27(24,25)16-11-9-14(2)10-12-16)17(13-20(22)23)15-7-5-4-6-8-15/h4-12,17-18H,3,13H2,1-2H3. The summed E-state index contributed by atoms with van der Waals surface area (Å²) in [5, 5.41) is 9.52. The molecule has 0 saturated heterocycles. The van der Waals surface area contributed by atoms with Gasteiger partial charge in [0.2, 0.25) is 6.54 Å². The summed E-state index contributed by atoms with van der Waals surface area (Å²) in [4.78, 5) is 23.1. The smallest absolute Gasteiger partial charge is 0.325 e. The number of nitro groups is 1. The lowest BCUT2D eigenvalue weighted by molar-refractivity contribution is -0.483. The number of carbonyl (C=O) groups excluding carboxylic acids is 1. The lowest BCUT2D eigenvalue weighted by Gasteiger charge is -2.23. The van der Waals surface area contributed by atoms with Gasteiger partial charge in [0, 0.05) is 4.92 Å². The summed E-state index contributed by atoms with van der Waals surface area (Å²) in [6.07, 6.45) is 0. The van der Waals surface area contributed by atoms with E-state index in [9.17, 15) is 23.3 Å². The molecule has 2 aromatic rings. The fourth-order valence-electron chi connectivity index (χ4n) is 2.84. The second kappa shape index (κ2) is 8.77. The minimum atomic E-state index is -4.21. The highest BCUT2D eigenvalue weighted by molar-refractivity contribution is 7.92. The van der Waals surface area contributed by atoms with Crippen LogP contribution in [0.2, 0.25) is 0 Å². The van der Waals surface area contributed by atoms with E-state index in [-0.39, 0.29) is 11.5 Å². The molecule has 0 amide bonds. The van der Waals surface area contributed by atoms with Gasteiger partial charge in [0.05, 0.1) is 17.4 Å². The molecule has 7 nitrogen and oxygen atoms in total. The number of carbonyl (C=O) groups is 1. The summed E-state index contributed by atoms with van der Waals surface area (Å²) < 4.78 is 31.4. The predicted molar refractivity (Wildman–Crippen MR) is 99.8 cm³/mol. The first-order valence-electron chi connectivity index (χ1n) is 8.41. The van der Waals surface area contributed by atoms with Crippen molar-refractivity contribution >= 4 is 15.8 Å². The molecule has 0 spiro atoms. The van der Waals surface area contributed by atoms with Gasteiger partial charge >= 0.3 is 5.97 Å². The van der Waals surface area contributed by atoms with E-state index in [1.807, 2.05) is 0 Å².